The summed E-state index contributed by atoms with van der Waals surface area (Å²) in [6, 6.07) is 18.2. The second-order valence-electron chi connectivity index (χ2n) is 7.07. The fraction of sp³-hybridized carbons (Fsp3) is 0.318. The minimum absolute atomic E-state index is 0.0232. The molecule has 0 spiro atoms. The molecular formula is C22H24N4O2S. The van der Waals surface area contributed by atoms with Crippen LogP contribution in [-0.4, -0.2) is 45.7 Å². The molecule has 1 aliphatic heterocycles. The van der Waals surface area contributed by atoms with Crippen LogP contribution >= 0.6 is 11.8 Å². The number of benzene rings is 2. The number of hydrogen-bond acceptors (Lipinski definition) is 5. The first-order chi connectivity index (χ1) is 14.2. The maximum absolute atomic E-state index is 12.3. The molecule has 1 aromatic heterocycles. The van der Waals surface area contributed by atoms with Gasteiger partial charge in [-0.2, -0.15) is 0 Å². The van der Waals surface area contributed by atoms with E-state index in [2.05, 4.69) is 34.6 Å². The van der Waals surface area contributed by atoms with Crippen molar-refractivity contribution in [2.24, 2.45) is 0 Å². The molecular weight excluding hydrogens is 384 g/mol. The quantitative estimate of drug-likeness (QED) is 0.605. The van der Waals surface area contributed by atoms with Gasteiger partial charge >= 0.3 is 0 Å². The summed E-state index contributed by atoms with van der Waals surface area (Å²) in [5, 5.41) is 12.4. The Labute approximate surface area is 174 Å². The predicted molar refractivity (Wildman–Crippen MR) is 114 cm³/mol. The maximum Gasteiger partial charge on any atom is 0.230 e. The van der Waals surface area contributed by atoms with E-state index in [1.807, 2.05) is 47.0 Å². The number of carbonyl (C=O) groups is 1. The zero-order valence-electron chi connectivity index (χ0n) is 16.4. The van der Waals surface area contributed by atoms with Crippen LogP contribution in [0, 0.1) is 6.92 Å². The summed E-state index contributed by atoms with van der Waals surface area (Å²) in [5.74, 6) is 1.02. The summed E-state index contributed by atoms with van der Waals surface area (Å²) < 4.78 is 7.56. The van der Waals surface area contributed by atoms with Gasteiger partial charge in [-0.25, -0.2) is 0 Å². The third kappa shape index (κ3) is 4.86. The number of amides is 1. The molecule has 1 atom stereocenters. The lowest BCUT2D eigenvalue weighted by atomic mass is 10.1. The number of aromatic nitrogens is 3. The van der Waals surface area contributed by atoms with Crippen molar-refractivity contribution < 1.29 is 9.53 Å². The fourth-order valence-corrected chi connectivity index (χ4v) is 4.06. The third-order valence-electron chi connectivity index (χ3n) is 4.84. The lowest BCUT2D eigenvalue weighted by Gasteiger charge is -2.12. The van der Waals surface area contributed by atoms with E-state index in [4.69, 9.17) is 4.74 Å². The first-order valence-electron chi connectivity index (χ1n) is 9.79. The number of ether oxygens (including phenoxy) is 1. The van der Waals surface area contributed by atoms with Gasteiger partial charge in [0.25, 0.3) is 0 Å². The third-order valence-corrected chi connectivity index (χ3v) is 5.77. The van der Waals surface area contributed by atoms with Gasteiger partial charge in [0.05, 0.1) is 11.9 Å². The molecule has 0 aliphatic carbocycles. The van der Waals surface area contributed by atoms with Crippen LogP contribution in [-0.2, 0) is 9.53 Å². The Hall–Kier alpha value is -2.64. The van der Waals surface area contributed by atoms with E-state index < -0.39 is 0 Å². The van der Waals surface area contributed by atoms with Crippen molar-refractivity contribution in [3.05, 3.63) is 60.2 Å². The summed E-state index contributed by atoms with van der Waals surface area (Å²) in [7, 11) is 0. The van der Waals surface area contributed by atoms with E-state index in [9.17, 15) is 4.79 Å². The Morgan fingerprint density at radius 1 is 1.17 bits per heavy atom. The SMILES string of the molecule is Cc1ccc(-c2nnc(SCC(=O)NCC3CCCO3)n2-c2ccccc2)cc1. The maximum atomic E-state index is 12.3. The average Bonchev–Trinajstić information content (AvgIpc) is 3.42. The molecule has 0 radical (unpaired) electrons. The molecule has 1 aliphatic rings. The van der Waals surface area contributed by atoms with Crippen molar-refractivity contribution in [3.8, 4) is 17.1 Å². The van der Waals surface area contributed by atoms with Gasteiger partial charge in [0, 0.05) is 24.4 Å². The molecule has 7 heteroatoms. The summed E-state index contributed by atoms with van der Waals surface area (Å²) in [4.78, 5) is 12.3. The molecule has 1 fully saturated rings. The number of carbonyl (C=O) groups excluding carboxylic acids is 1. The molecule has 1 amide bonds. The molecule has 1 unspecified atom stereocenters. The molecule has 2 aromatic carbocycles. The van der Waals surface area contributed by atoms with Gasteiger partial charge in [-0.1, -0.05) is 59.8 Å². The Balaban J connectivity index is 1.52. The predicted octanol–water partition coefficient (Wildman–Crippen LogP) is 3.63. The minimum Gasteiger partial charge on any atom is -0.376 e. The van der Waals surface area contributed by atoms with Gasteiger partial charge in [0.2, 0.25) is 5.91 Å². The monoisotopic (exact) mass is 408 g/mol. The van der Waals surface area contributed by atoms with Crippen molar-refractivity contribution in [2.45, 2.75) is 31.0 Å². The number of rotatable bonds is 7. The molecule has 1 saturated heterocycles. The summed E-state index contributed by atoms with van der Waals surface area (Å²) in [6.07, 6.45) is 2.22. The minimum atomic E-state index is -0.0232. The number of aryl methyl sites for hydroxylation is 1. The van der Waals surface area contributed by atoms with E-state index in [0.29, 0.717) is 11.7 Å². The standard InChI is InChI=1S/C22H24N4O2S/c1-16-9-11-17(12-10-16)21-24-25-22(26(21)18-6-3-2-4-7-18)29-15-20(27)23-14-19-8-5-13-28-19/h2-4,6-7,9-12,19H,5,8,13-15H2,1H3,(H,23,27). The zero-order valence-corrected chi connectivity index (χ0v) is 17.2. The summed E-state index contributed by atoms with van der Waals surface area (Å²) in [5.41, 5.74) is 3.15. The lowest BCUT2D eigenvalue weighted by Crippen LogP contribution is -2.32. The average molecular weight is 409 g/mol. The molecule has 0 bridgehead atoms. The Bertz CT molecular complexity index is 951. The van der Waals surface area contributed by atoms with Gasteiger partial charge in [0.15, 0.2) is 11.0 Å². The van der Waals surface area contributed by atoms with Gasteiger partial charge in [-0.15, -0.1) is 10.2 Å². The smallest absolute Gasteiger partial charge is 0.230 e. The first-order valence-corrected chi connectivity index (χ1v) is 10.8. The second-order valence-corrected chi connectivity index (χ2v) is 8.01. The Morgan fingerprint density at radius 3 is 2.69 bits per heavy atom. The van der Waals surface area contributed by atoms with Gasteiger partial charge in [-0.05, 0) is 31.9 Å². The fourth-order valence-electron chi connectivity index (χ4n) is 3.28. The van der Waals surface area contributed by atoms with Crippen LogP contribution in [0.15, 0.2) is 59.8 Å². The van der Waals surface area contributed by atoms with E-state index in [1.54, 1.807) is 0 Å². The molecule has 0 saturated carbocycles. The zero-order chi connectivity index (χ0) is 20.1. The molecule has 4 rings (SSSR count). The second kappa shape index (κ2) is 9.24. The van der Waals surface area contributed by atoms with Crippen molar-refractivity contribution in [1.29, 1.82) is 0 Å². The van der Waals surface area contributed by atoms with Gasteiger partial charge in [-0.3, -0.25) is 9.36 Å². The van der Waals surface area contributed by atoms with Crippen LogP contribution in [0.2, 0.25) is 0 Å². The number of hydrogen-bond donors (Lipinski definition) is 1. The van der Waals surface area contributed by atoms with Crippen LogP contribution in [0.25, 0.3) is 17.1 Å². The molecule has 29 heavy (non-hydrogen) atoms. The summed E-state index contributed by atoms with van der Waals surface area (Å²) in [6.45, 7) is 3.42. The van der Waals surface area contributed by atoms with Crippen molar-refractivity contribution >= 4 is 17.7 Å². The Morgan fingerprint density at radius 2 is 1.97 bits per heavy atom. The normalized spacial score (nSPS) is 16.1. The van der Waals surface area contributed by atoms with Crippen LogP contribution in [0.1, 0.15) is 18.4 Å². The number of thioether (sulfide) groups is 1. The van der Waals surface area contributed by atoms with Crippen molar-refractivity contribution in [2.75, 3.05) is 18.9 Å². The number of para-hydroxylation sites is 1. The summed E-state index contributed by atoms with van der Waals surface area (Å²) >= 11 is 1.39. The van der Waals surface area contributed by atoms with Crippen LogP contribution < -0.4 is 5.32 Å². The van der Waals surface area contributed by atoms with E-state index in [0.717, 1.165) is 36.5 Å². The van der Waals surface area contributed by atoms with Crippen molar-refractivity contribution in [1.82, 2.24) is 20.1 Å². The lowest BCUT2D eigenvalue weighted by molar-refractivity contribution is -0.119. The largest absolute Gasteiger partial charge is 0.376 e. The highest BCUT2D eigenvalue weighted by molar-refractivity contribution is 7.99. The number of nitrogens with one attached hydrogen (secondary N) is 1. The van der Waals surface area contributed by atoms with E-state index in [1.165, 1.54) is 17.3 Å². The molecule has 1 N–H and O–H groups in total. The first kappa shape index (κ1) is 19.7. The van der Waals surface area contributed by atoms with E-state index >= 15 is 0 Å². The molecule has 3 aromatic rings. The van der Waals surface area contributed by atoms with Gasteiger partial charge in [0.1, 0.15) is 0 Å². The topological polar surface area (TPSA) is 69.0 Å². The molecule has 2 heterocycles. The van der Waals surface area contributed by atoms with Crippen molar-refractivity contribution in [3.63, 3.8) is 0 Å². The highest BCUT2D eigenvalue weighted by Gasteiger charge is 2.19. The highest BCUT2D eigenvalue weighted by atomic mass is 32.2. The van der Waals surface area contributed by atoms with Crippen LogP contribution in [0.4, 0.5) is 0 Å². The van der Waals surface area contributed by atoms with Gasteiger partial charge < -0.3 is 10.1 Å². The Kier molecular flexibility index (Phi) is 6.27. The van der Waals surface area contributed by atoms with Crippen LogP contribution in [0.3, 0.4) is 0 Å². The highest BCUT2D eigenvalue weighted by Crippen LogP contribution is 2.28. The molecule has 6 nitrogen and oxygen atoms in total. The van der Waals surface area contributed by atoms with E-state index in [-0.39, 0.29) is 17.8 Å². The number of nitrogens with zero attached hydrogens (tertiary/aromatic N) is 3. The molecule has 150 valence electrons. The van der Waals surface area contributed by atoms with Crippen LogP contribution in [0.5, 0.6) is 0 Å².